The van der Waals surface area contributed by atoms with Gasteiger partial charge in [0.05, 0.1) is 33.0 Å². The molecule has 1 aromatic heterocycles. The lowest BCUT2D eigenvalue weighted by Gasteiger charge is -2.26. The Labute approximate surface area is 274 Å². The maximum absolute atomic E-state index is 14.3. The summed E-state index contributed by atoms with van der Waals surface area (Å²) in [5.41, 5.74) is 2.02. The normalized spacial score (nSPS) is 14.8. The summed E-state index contributed by atoms with van der Waals surface area (Å²) in [7, 11) is 0. The summed E-state index contributed by atoms with van der Waals surface area (Å²) in [6.07, 6.45) is 1.58. The van der Waals surface area contributed by atoms with Crippen molar-refractivity contribution in [3.63, 3.8) is 0 Å². The third-order valence-corrected chi connectivity index (χ3v) is 8.78. The number of allylic oxidation sites excluding steroid dienone is 1. The standard InChI is InChI=1S/C33H29Br2FN2O5S/c1-5-41-32(40)28-19(4)37-33-38(29(28)23-11-7-9-13-26(23)43-18(2)3)31(39)27(44-33)15-21-14-22(34)16-24(35)30(21)42-17-20-10-6-8-12-25(20)36/h6-16,18,29H,5,17H2,1-4H3/b27-15-/t29-/m1/s1. The summed E-state index contributed by atoms with van der Waals surface area (Å²) in [6, 6.07) is 16.6. The van der Waals surface area contributed by atoms with Crippen LogP contribution in [-0.2, 0) is 16.1 Å². The molecule has 1 atom stereocenters. The SMILES string of the molecule is CCOC(=O)C1=C(C)N=c2s/c(=C\c3cc(Br)cc(Br)c3OCc3ccccc3F)c(=O)n2[C@@H]1c1ccccc1OC(C)C. The first-order valence-electron chi connectivity index (χ1n) is 13.9. The lowest BCUT2D eigenvalue weighted by molar-refractivity contribution is -0.139. The fourth-order valence-electron chi connectivity index (χ4n) is 4.90. The maximum atomic E-state index is 14.3. The van der Waals surface area contributed by atoms with Crippen molar-refractivity contribution in [2.24, 2.45) is 4.99 Å². The van der Waals surface area contributed by atoms with Gasteiger partial charge in [-0.25, -0.2) is 14.2 Å². The van der Waals surface area contributed by atoms with Gasteiger partial charge in [0.2, 0.25) is 0 Å². The van der Waals surface area contributed by atoms with E-state index in [0.717, 1.165) is 4.47 Å². The van der Waals surface area contributed by atoms with Crippen molar-refractivity contribution in [1.29, 1.82) is 0 Å². The molecule has 0 spiro atoms. The molecule has 1 aliphatic heterocycles. The monoisotopic (exact) mass is 742 g/mol. The van der Waals surface area contributed by atoms with Gasteiger partial charge in [-0.2, -0.15) is 0 Å². The number of nitrogens with zero attached hydrogens (tertiary/aromatic N) is 2. The summed E-state index contributed by atoms with van der Waals surface area (Å²) in [4.78, 5) is 32.6. The number of para-hydroxylation sites is 1. The number of ether oxygens (including phenoxy) is 3. The Morgan fingerprint density at radius 1 is 1.14 bits per heavy atom. The first-order chi connectivity index (χ1) is 21.1. The van der Waals surface area contributed by atoms with Crippen molar-refractivity contribution in [1.82, 2.24) is 4.57 Å². The number of carbonyl (C=O) groups excluding carboxylic acids is 1. The molecule has 3 aromatic carbocycles. The zero-order valence-electron chi connectivity index (χ0n) is 24.4. The highest BCUT2D eigenvalue weighted by Gasteiger charge is 2.35. The number of benzene rings is 3. The minimum Gasteiger partial charge on any atom is -0.491 e. The summed E-state index contributed by atoms with van der Waals surface area (Å²) < 4.78 is 35.2. The van der Waals surface area contributed by atoms with Crippen molar-refractivity contribution in [3.05, 3.63) is 123 Å². The molecule has 0 radical (unpaired) electrons. The highest BCUT2D eigenvalue weighted by molar-refractivity contribution is 9.11. The molecule has 0 aliphatic carbocycles. The summed E-state index contributed by atoms with van der Waals surface area (Å²) in [5.74, 6) is 0.0773. The predicted octanol–water partition coefficient (Wildman–Crippen LogP) is 6.83. The van der Waals surface area contributed by atoms with Crippen LogP contribution in [-0.4, -0.2) is 23.2 Å². The molecule has 44 heavy (non-hydrogen) atoms. The third kappa shape index (κ3) is 6.60. The van der Waals surface area contributed by atoms with Crippen molar-refractivity contribution in [2.45, 2.75) is 46.4 Å². The topological polar surface area (TPSA) is 79.1 Å². The van der Waals surface area contributed by atoms with Crippen LogP contribution in [0.25, 0.3) is 6.08 Å². The Kier molecular flexibility index (Phi) is 9.87. The number of halogens is 3. The highest BCUT2D eigenvalue weighted by atomic mass is 79.9. The predicted molar refractivity (Wildman–Crippen MR) is 175 cm³/mol. The number of hydrogen-bond donors (Lipinski definition) is 0. The van der Waals surface area contributed by atoms with E-state index < -0.39 is 12.0 Å². The number of carbonyl (C=O) groups is 1. The molecule has 0 N–H and O–H groups in total. The van der Waals surface area contributed by atoms with Crippen LogP contribution in [0.1, 0.15) is 50.4 Å². The third-order valence-electron chi connectivity index (χ3n) is 6.75. The molecule has 4 aromatic rings. The lowest BCUT2D eigenvalue weighted by Crippen LogP contribution is -2.40. The molecule has 0 saturated carbocycles. The van der Waals surface area contributed by atoms with Gasteiger partial charge < -0.3 is 14.2 Å². The van der Waals surface area contributed by atoms with Crippen LogP contribution < -0.4 is 24.4 Å². The molecule has 5 rings (SSSR count). The van der Waals surface area contributed by atoms with Gasteiger partial charge in [0.25, 0.3) is 5.56 Å². The lowest BCUT2D eigenvalue weighted by atomic mass is 9.95. The van der Waals surface area contributed by atoms with Crippen LogP contribution in [0.2, 0.25) is 0 Å². The maximum Gasteiger partial charge on any atom is 0.338 e. The van der Waals surface area contributed by atoms with Crippen LogP contribution in [0.3, 0.4) is 0 Å². The molecular weight excluding hydrogens is 715 g/mol. The molecule has 0 unspecified atom stereocenters. The Hall–Kier alpha value is -3.54. The van der Waals surface area contributed by atoms with Crippen molar-refractivity contribution in [2.75, 3.05) is 6.61 Å². The smallest absolute Gasteiger partial charge is 0.338 e. The van der Waals surface area contributed by atoms with E-state index in [4.69, 9.17) is 14.2 Å². The van der Waals surface area contributed by atoms with E-state index in [-0.39, 0.29) is 36.3 Å². The summed E-state index contributed by atoms with van der Waals surface area (Å²) >= 11 is 8.27. The number of aromatic nitrogens is 1. The second kappa shape index (κ2) is 13.6. The quantitative estimate of drug-likeness (QED) is 0.176. The molecule has 0 saturated heterocycles. The van der Waals surface area contributed by atoms with E-state index in [2.05, 4.69) is 36.9 Å². The Balaban J connectivity index is 1.68. The van der Waals surface area contributed by atoms with E-state index in [1.807, 2.05) is 50.2 Å². The number of rotatable bonds is 9. The van der Waals surface area contributed by atoms with Gasteiger partial charge in [-0.15, -0.1) is 0 Å². The van der Waals surface area contributed by atoms with Gasteiger partial charge >= 0.3 is 5.97 Å². The first kappa shape index (κ1) is 31.9. The molecule has 0 bridgehead atoms. The van der Waals surface area contributed by atoms with Gasteiger partial charge in [-0.3, -0.25) is 9.36 Å². The summed E-state index contributed by atoms with van der Waals surface area (Å²) in [6.45, 7) is 7.46. The number of fused-ring (bicyclic) bond motifs is 1. The van der Waals surface area contributed by atoms with Gasteiger partial charge in [-0.1, -0.05) is 63.7 Å². The fraction of sp³-hybridized carbons (Fsp3) is 0.242. The van der Waals surface area contributed by atoms with Crippen LogP contribution in [0.4, 0.5) is 4.39 Å². The van der Waals surface area contributed by atoms with Crippen molar-refractivity contribution in [3.8, 4) is 11.5 Å². The minimum absolute atomic E-state index is 0.0102. The van der Waals surface area contributed by atoms with Crippen molar-refractivity contribution < 1.29 is 23.4 Å². The molecule has 0 fully saturated rings. The van der Waals surface area contributed by atoms with Gasteiger partial charge in [-0.05, 0) is 74.0 Å². The molecular formula is C33H29Br2FN2O5S. The number of thiazole rings is 1. The Morgan fingerprint density at radius 3 is 2.59 bits per heavy atom. The zero-order valence-corrected chi connectivity index (χ0v) is 28.4. The second-order valence-electron chi connectivity index (χ2n) is 10.2. The summed E-state index contributed by atoms with van der Waals surface area (Å²) in [5, 5.41) is 0. The highest BCUT2D eigenvalue weighted by Crippen LogP contribution is 2.37. The Bertz CT molecular complexity index is 1950. The molecule has 0 amide bonds. The van der Waals surface area contributed by atoms with E-state index in [0.29, 0.717) is 47.7 Å². The molecule has 1 aliphatic rings. The molecule has 2 heterocycles. The van der Waals surface area contributed by atoms with E-state index in [1.165, 1.54) is 22.0 Å². The van der Waals surface area contributed by atoms with Gasteiger partial charge in [0, 0.05) is 21.2 Å². The van der Waals surface area contributed by atoms with Gasteiger partial charge in [0.1, 0.15) is 30.0 Å². The number of hydrogen-bond acceptors (Lipinski definition) is 7. The average Bonchev–Trinajstić information content (AvgIpc) is 3.26. The molecule has 7 nitrogen and oxygen atoms in total. The fourth-order valence-corrected chi connectivity index (χ4v) is 7.31. The van der Waals surface area contributed by atoms with Crippen LogP contribution in [0.15, 0.2) is 90.7 Å². The second-order valence-corrected chi connectivity index (χ2v) is 13.0. The number of esters is 1. The van der Waals surface area contributed by atoms with E-state index in [1.54, 1.807) is 38.1 Å². The minimum atomic E-state index is -0.826. The molecule has 228 valence electrons. The first-order valence-corrected chi connectivity index (χ1v) is 16.3. The average molecular weight is 744 g/mol. The van der Waals surface area contributed by atoms with Crippen LogP contribution >= 0.6 is 43.2 Å². The largest absolute Gasteiger partial charge is 0.491 e. The zero-order chi connectivity index (χ0) is 31.5. The van der Waals surface area contributed by atoms with Crippen LogP contribution in [0.5, 0.6) is 11.5 Å². The van der Waals surface area contributed by atoms with Crippen molar-refractivity contribution >= 4 is 55.2 Å². The Morgan fingerprint density at radius 2 is 1.86 bits per heavy atom. The van der Waals surface area contributed by atoms with E-state index in [9.17, 15) is 14.0 Å². The molecule has 11 heteroatoms. The van der Waals surface area contributed by atoms with Crippen LogP contribution in [0, 0.1) is 5.82 Å². The van der Waals surface area contributed by atoms with E-state index >= 15 is 0 Å². The van der Waals surface area contributed by atoms with Gasteiger partial charge in [0.15, 0.2) is 4.80 Å².